The van der Waals surface area contributed by atoms with Gasteiger partial charge in [-0.25, -0.2) is 9.18 Å². The number of carbonyl (C=O) groups excluding carboxylic acids is 1. The molecule has 0 spiro atoms. The molecule has 2 amide bonds. The lowest BCUT2D eigenvalue weighted by Gasteiger charge is -2.19. The van der Waals surface area contributed by atoms with Gasteiger partial charge in [0.2, 0.25) is 0 Å². The second-order valence-corrected chi connectivity index (χ2v) is 5.12. The van der Waals surface area contributed by atoms with Crippen LogP contribution in [0.15, 0.2) is 22.7 Å². The Labute approximate surface area is 114 Å². The third kappa shape index (κ3) is 4.62. The minimum atomic E-state index is -0.434. The Hall–Kier alpha value is -1.14. The summed E-state index contributed by atoms with van der Waals surface area (Å²) in [5.74, 6) is -0.480. The summed E-state index contributed by atoms with van der Waals surface area (Å²) in [6.07, 6.45) is 0. The number of benzene rings is 1. The fourth-order valence-corrected chi connectivity index (χ4v) is 1.77. The Morgan fingerprint density at radius 3 is 2.67 bits per heavy atom. The van der Waals surface area contributed by atoms with Crippen LogP contribution in [0.4, 0.5) is 14.9 Å². The van der Waals surface area contributed by atoms with Gasteiger partial charge < -0.3 is 15.7 Å². The van der Waals surface area contributed by atoms with E-state index >= 15 is 0 Å². The van der Waals surface area contributed by atoms with E-state index in [0.717, 1.165) is 0 Å². The van der Waals surface area contributed by atoms with E-state index in [2.05, 4.69) is 26.6 Å². The summed E-state index contributed by atoms with van der Waals surface area (Å²) in [6.45, 7) is 3.61. The van der Waals surface area contributed by atoms with Crippen molar-refractivity contribution in [2.75, 3.05) is 11.9 Å². The molecule has 0 fully saturated rings. The molecule has 1 rings (SSSR count). The van der Waals surface area contributed by atoms with E-state index in [9.17, 15) is 9.18 Å². The number of aliphatic hydroxyl groups excluding tert-OH is 1. The minimum absolute atomic E-state index is 0.00698. The Balaban J connectivity index is 2.59. The van der Waals surface area contributed by atoms with Crippen molar-refractivity contribution in [2.45, 2.75) is 19.9 Å². The van der Waals surface area contributed by atoms with Crippen molar-refractivity contribution >= 4 is 27.6 Å². The molecule has 0 aliphatic rings. The highest BCUT2D eigenvalue weighted by molar-refractivity contribution is 9.10. The van der Waals surface area contributed by atoms with Gasteiger partial charge in [-0.05, 0) is 31.0 Å². The number of urea groups is 1. The molecule has 4 nitrogen and oxygen atoms in total. The van der Waals surface area contributed by atoms with E-state index in [1.165, 1.54) is 12.1 Å². The summed E-state index contributed by atoms with van der Waals surface area (Å²) in [5.41, 5.74) is 0.364. The van der Waals surface area contributed by atoms with E-state index in [1.54, 1.807) is 13.0 Å². The van der Waals surface area contributed by atoms with Crippen molar-refractivity contribution in [3.63, 3.8) is 0 Å². The molecule has 0 radical (unpaired) electrons. The highest BCUT2D eigenvalue weighted by atomic mass is 79.9. The van der Waals surface area contributed by atoms with E-state index in [-0.39, 0.29) is 18.6 Å². The second kappa shape index (κ2) is 6.70. The maximum Gasteiger partial charge on any atom is 0.319 e. The van der Waals surface area contributed by atoms with Gasteiger partial charge in [0.1, 0.15) is 5.82 Å². The van der Waals surface area contributed by atoms with E-state index in [4.69, 9.17) is 5.11 Å². The van der Waals surface area contributed by atoms with Crippen LogP contribution in [0, 0.1) is 11.7 Å². The summed E-state index contributed by atoms with van der Waals surface area (Å²) in [4.78, 5) is 11.6. The fourth-order valence-electron chi connectivity index (χ4n) is 1.30. The molecule has 0 aliphatic heterocycles. The first-order valence-electron chi connectivity index (χ1n) is 5.57. The van der Waals surface area contributed by atoms with E-state index in [1.807, 2.05) is 6.92 Å². The Morgan fingerprint density at radius 2 is 2.11 bits per heavy atom. The lowest BCUT2D eigenvalue weighted by atomic mass is 10.1. The predicted octanol–water partition coefficient (Wildman–Crippen LogP) is 2.73. The fraction of sp³-hybridized carbons (Fsp3) is 0.417. The van der Waals surface area contributed by atoms with Crippen LogP contribution in [0.5, 0.6) is 0 Å². The van der Waals surface area contributed by atoms with Gasteiger partial charge in [-0.15, -0.1) is 0 Å². The normalized spacial score (nSPS) is 13.8. The first-order valence-corrected chi connectivity index (χ1v) is 6.36. The molecule has 2 unspecified atom stereocenters. The summed E-state index contributed by atoms with van der Waals surface area (Å²) in [5, 5.41) is 14.2. The number of hydrogen-bond donors (Lipinski definition) is 3. The van der Waals surface area contributed by atoms with Crippen LogP contribution in [0.1, 0.15) is 13.8 Å². The molecule has 0 heterocycles. The number of carbonyl (C=O) groups is 1. The van der Waals surface area contributed by atoms with Crippen LogP contribution >= 0.6 is 15.9 Å². The summed E-state index contributed by atoms with van der Waals surface area (Å²) < 4.78 is 13.6. The van der Waals surface area contributed by atoms with Crippen LogP contribution in [0.3, 0.4) is 0 Å². The zero-order valence-electron chi connectivity index (χ0n) is 10.2. The summed E-state index contributed by atoms with van der Waals surface area (Å²) in [7, 11) is 0. The van der Waals surface area contributed by atoms with Gasteiger partial charge in [0, 0.05) is 22.8 Å². The highest BCUT2D eigenvalue weighted by Crippen LogP contribution is 2.18. The Morgan fingerprint density at radius 1 is 1.44 bits per heavy atom. The van der Waals surface area contributed by atoms with Crippen molar-refractivity contribution < 1.29 is 14.3 Å². The average Bonchev–Trinajstić information content (AvgIpc) is 2.25. The molecule has 2 atom stereocenters. The van der Waals surface area contributed by atoms with Crippen molar-refractivity contribution in [3.05, 3.63) is 28.5 Å². The monoisotopic (exact) mass is 318 g/mol. The largest absolute Gasteiger partial charge is 0.396 e. The van der Waals surface area contributed by atoms with Crippen LogP contribution < -0.4 is 10.6 Å². The number of hydrogen-bond acceptors (Lipinski definition) is 2. The molecule has 1 aromatic rings. The van der Waals surface area contributed by atoms with Gasteiger partial charge in [-0.3, -0.25) is 0 Å². The maximum atomic E-state index is 13.1. The molecule has 3 N–H and O–H groups in total. The smallest absolute Gasteiger partial charge is 0.319 e. The van der Waals surface area contributed by atoms with E-state index < -0.39 is 11.8 Å². The quantitative estimate of drug-likeness (QED) is 0.799. The first kappa shape index (κ1) is 14.9. The van der Waals surface area contributed by atoms with Gasteiger partial charge in [0.05, 0.1) is 0 Å². The maximum absolute atomic E-state index is 13.1. The van der Waals surface area contributed by atoms with Gasteiger partial charge in [0.25, 0.3) is 0 Å². The second-order valence-electron chi connectivity index (χ2n) is 4.21. The van der Waals surface area contributed by atoms with Crippen molar-refractivity contribution in [1.82, 2.24) is 5.32 Å². The number of nitrogens with one attached hydrogen (secondary N) is 2. The molecular weight excluding hydrogens is 303 g/mol. The molecule has 6 heteroatoms. The van der Waals surface area contributed by atoms with Crippen LogP contribution in [-0.4, -0.2) is 23.8 Å². The molecule has 100 valence electrons. The van der Waals surface area contributed by atoms with Gasteiger partial charge in [-0.1, -0.05) is 22.9 Å². The van der Waals surface area contributed by atoms with Gasteiger partial charge in [0.15, 0.2) is 0 Å². The Kier molecular flexibility index (Phi) is 5.55. The predicted molar refractivity (Wildman–Crippen MR) is 72.0 cm³/mol. The standard InChI is InChI=1S/C12H16BrFN2O2/c1-7(6-17)8(2)15-12(18)16-11-4-9(13)3-10(14)5-11/h3-5,7-8,17H,6H2,1-2H3,(H2,15,16,18). The zero-order valence-corrected chi connectivity index (χ0v) is 11.8. The lowest BCUT2D eigenvalue weighted by Crippen LogP contribution is -2.40. The van der Waals surface area contributed by atoms with Crippen LogP contribution in [-0.2, 0) is 0 Å². The van der Waals surface area contributed by atoms with Crippen molar-refractivity contribution in [3.8, 4) is 0 Å². The topological polar surface area (TPSA) is 61.4 Å². The van der Waals surface area contributed by atoms with Gasteiger partial charge >= 0.3 is 6.03 Å². The number of rotatable bonds is 4. The van der Waals surface area contributed by atoms with Crippen molar-refractivity contribution in [1.29, 1.82) is 0 Å². The number of amides is 2. The number of halogens is 2. The Bertz CT molecular complexity index is 408. The average molecular weight is 319 g/mol. The lowest BCUT2D eigenvalue weighted by molar-refractivity contribution is 0.204. The molecule has 0 saturated carbocycles. The van der Waals surface area contributed by atoms with Gasteiger partial charge in [-0.2, -0.15) is 0 Å². The first-order chi connectivity index (χ1) is 8.42. The third-order valence-corrected chi connectivity index (χ3v) is 3.08. The number of aliphatic hydroxyl groups is 1. The molecule has 0 aromatic heterocycles. The van der Waals surface area contributed by atoms with Crippen molar-refractivity contribution in [2.24, 2.45) is 5.92 Å². The third-order valence-electron chi connectivity index (χ3n) is 2.62. The minimum Gasteiger partial charge on any atom is -0.396 e. The summed E-state index contributed by atoms with van der Waals surface area (Å²) in [6, 6.07) is 3.53. The molecule has 0 aliphatic carbocycles. The SMILES string of the molecule is CC(CO)C(C)NC(=O)Nc1cc(F)cc(Br)c1. The van der Waals surface area contributed by atoms with Crippen LogP contribution in [0.25, 0.3) is 0 Å². The molecule has 0 saturated heterocycles. The summed E-state index contributed by atoms with van der Waals surface area (Å²) >= 11 is 3.14. The molecular formula is C12H16BrFN2O2. The van der Waals surface area contributed by atoms with Crippen LogP contribution in [0.2, 0.25) is 0 Å². The zero-order chi connectivity index (χ0) is 13.7. The molecule has 1 aromatic carbocycles. The molecule has 0 bridgehead atoms. The molecule has 18 heavy (non-hydrogen) atoms. The van der Waals surface area contributed by atoms with E-state index in [0.29, 0.717) is 10.2 Å². The highest BCUT2D eigenvalue weighted by Gasteiger charge is 2.14. The number of anilines is 1.